The first kappa shape index (κ1) is 43.9. The van der Waals surface area contributed by atoms with Gasteiger partial charge in [0.05, 0.1) is 24.4 Å². The highest BCUT2D eigenvalue weighted by molar-refractivity contribution is 5.82. The topological polar surface area (TPSA) is 116 Å². The van der Waals surface area contributed by atoms with E-state index in [-0.39, 0.29) is 86.1 Å². The third kappa shape index (κ3) is 6.81. The van der Waals surface area contributed by atoms with E-state index >= 15 is 0 Å². The van der Waals surface area contributed by atoms with Crippen molar-refractivity contribution in [2.75, 3.05) is 6.61 Å². The molecule has 0 spiro atoms. The molecule has 1 heterocycles. The number of esters is 3. The lowest BCUT2D eigenvalue weighted by molar-refractivity contribution is -0.167. The molecule has 0 aromatic rings. The van der Waals surface area contributed by atoms with Crippen molar-refractivity contribution in [1.29, 1.82) is 0 Å². The lowest BCUT2D eigenvalue weighted by atomic mass is 9.55. The van der Waals surface area contributed by atoms with E-state index in [4.69, 9.17) is 14.2 Å². The van der Waals surface area contributed by atoms with Crippen LogP contribution in [0.1, 0.15) is 124 Å². The number of carbonyl (C=O) groups excluding carboxylic acids is 3. The number of carbonyl (C=O) groups is 4. The number of ether oxygens (including phenoxy) is 3. The Bertz CT molecular complexity index is 1160. The van der Waals surface area contributed by atoms with Crippen molar-refractivity contribution < 1.29 is 38.5 Å². The number of rotatable bonds is 6. The normalized spacial score (nSPS) is 44.1. The maximum absolute atomic E-state index is 13.6. The molecule has 0 aromatic carbocycles. The molecule has 8 heteroatoms. The molecule has 16 unspecified atom stereocenters. The van der Waals surface area contributed by atoms with E-state index < -0.39 is 23.6 Å². The number of cyclic esters (lactones) is 1. The van der Waals surface area contributed by atoms with Crippen LogP contribution in [0.25, 0.3) is 0 Å². The first-order valence-electron chi connectivity index (χ1n) is 16.7. The maximum Gasteiger partial charge on any atom is 0.347 e. The highest BCUT2D eigenvalue weighted by Crippen LogP contribution is 2.71. The summed E-state index contributed by atoms with van der Waals surface area (Å²) < 4.78 is 16.8. The van der Waals surface area contributed by atoms with Crippen molar-refractivity contribution in [1.82, 2.24) is 0 Å². The number of hydrogen-bond donors (Lipinski definition) is 1. The predicted molar refractivity (Wildman–Crippen MR) is 191 cm³/mol. The summed E-state index contributed by atoms with van der Waals surface area (Å²) >= 11 is 0. The van der Waals surface area contributed by atoms with Crippen molar-refractivity contribution in [3.63, 3.8) is 0 Å². The zero-order valence-corrected chi connectivity index (χ0v) is 25.7. The fraction of sp³-hybridized carbons (Fsp3) is 0.900. The van der Waals surface area contributed by atoms with Gasteiger partial charge < -0.3 is 19.3 Å². The molecule has 7 fully saturated rings. The van der Waals surface area contributed by atoms with Gasteiger partial charge in [-0.25, -0.2) is 4.79 Å². The molecule has 6 aliphatic carbocycles. The molecule has 1 N–H and O–H groups in total. The monoisotopic (exact) mass is 681 g/mol. The Morgan fingerprint density at radius 2 is 1.19 bits per heavy atom. The molecule has 0 amide bonds. The van der Waals surface area contributed by atoms with Crippen LogP contribution in [-0.2, 0) is 33.4 Å². The minimum Gasteiger partial charge on any atom is -0.481 e. The van der Waals surface area contributed by atoms with Crippen LogP contribution >= 0.6 is 0 Å². The lowest BCUT2D eigenvalue weighted by Crippen LogP contribution is -2.48. The van der Waals surface area contributed by atoms with Gasteiger partial charge in [-0.1, -0.05) is 58.4 Å². The van der Waals surface area contributed by atoms with Crippen LogP contribution in [0.4, 0.5) is 0 Å². The molecule has 8 nitrogen and oxygen atoms in total. The highest BCUT2D eigenvalue weighted by Gasteiger charge is 2.68. The van der Waals surface area contributed by atoms with Gasteiger partial charge in [-0.05, 0) is 130 Å². The maximum atomic E-state index is 13.6. The largest absolute Gasteiger partial charge is 0.481 e. The second kappa shape index (κ2) is 15.4. The van der Waals surface area contributed by atoms with Crippen LogP contribution in [0.2, 0.25) is 0 Å². The third-order valence-corrected chi connectivity index (χ3v) is 13.5. The zero-order valence-electron chi connectivity index (χ0n) is 25.7. The summed E-state index contributed by atoms with van der Waals surface area (Å²) in [6.07, 6.45) is 5.13. The summed E-state index contributed by atoms with van der Waals surface area (Å²) in [4.78, 5) is 51.2. The van der Waals surface area contributed by atoms with E-state index in [2.05, 4.69) is 13.8 Å². The average molecular weight is 681 g/mol. The Morgan fingerprint density at radius 3 is 1.73 bits per heavy atom. The standard InChI is InChI=1S/C34H48O8.6CH4/c1-14-16-8-20(24(9-16)32(38)42-34(3,4)5)27(14)28-18-11-21(23(13-18)31(37)41-25-6-7-40-33(25)39)29(28)26-15(2)19-10-17(26)12-22(19)30(35)36;;;;;;/h14-29H,6-13H2,1-5H3,(H,35,36);6*1H4. The van der Waals surface area contributed by atoms with E-state index in [0.29, 0.717) is 72.2 Å². The SMILES string of the molecule is C.C.C.C.C.C.CC1C2CC(CC2C(=O)O)C1C1C2CC(CC2C(=O)OC2CCOC2=O)C1C1C(C)C2CC(C(=O)OC(C)(C)C)C1C2. The molecule has 6 bridgehead atoms. The Hall–Kier alpha value is -2.12. The molecule has 7 rings (SSSR count). The smallest absolute Gasteiger partial charge is 0.347 e. The van der Waals surface area contributed by atoms with Crippen molar-refractivity contribution in [3.05, 3.63) is 0 Å². The summed E-state index contributed by atoms with van der Waals surface area (Å²) in [5.41, 5.74) is -0.506. The fourth-order valence-electron chi connectivity index (χ4n) is 12.3. The molecule has 16 atom stereocenters. The van der Waals surface area contributed by atoms with Crippen LogP contribution in [-0.4, -0.2) is 47.3 Å². The number of aliphatic carboxylic acids is 1. The molecular weight excluding hydrogens is 608 g/mol. The van der Waals surface area contributed by atoms with Gasteiger partial charge in [0.25, 0.3) is 0 Å². The Kier molecular flexibility index (Phi) is 14.1. The van der Waals surface area contributed by atoms with E-state index in [0.717, 1.165) is 38.5 Å². The second-order valence-electron chi connectivity index (χ2n) is 16.3. The predicted octanol–water partition coefficient (Wildman–Crippen LogP) is 8.79. The van der Waals surface area contributed by atoms with Gasteiger partial charge in [0.15, 0.2) is 0 Å². The second-order valence-corrected chi connectivity index (χ2v) is 16.3. The Labute approximate surface area is 293 Å². The molecule has 1 aliphatic heterocycles. The number of carboxylic acids is 1. The van der Waals surface area contributed by atoms with E-state index in [1.807, 2.05) is 20.8 Å². The first-order chi connectivity index (χ1) is 19.8. The van der Waals surface area contributed by atoms with Gasteiger partial charge in [-0.3, -0.25) is 14.4 Å². The van der Waals surface area contributed by atoms with Crippen LogP contribution in [0.5, 0.6) is 0 Å². The van der Waals surface area contributed by atoms with E-state index in [1.165, 1.54) is 0 Å². The number of carboxylic acid groups (broad SMARTS) is 1. The van der Waals surface area contributed by atoms with Gasteiger partial charge in [0.1, 0.15) is 5.60 Å². The van der Waals surface area contributed by atoms with Crippen LogP contribution < -0.4 is 0 Å². The van der Waals surface area contributed by atoms with Gasteiger partial charge in [-0.15, -0.1) is 0 Å². The molecule has 6 saturated carbocycles. The molecule has 0 radical (unpaired) electrons. The summed E-state index contributed by atoms with van der Waals surface area (Å²) in [5.74, 6) is 2.44. The average Bonchev–Trinajstić information content (AvgIpc) is 3.74. The van der Waals surface area contributed by atoms with Crippen molar-refractivity contribution in [3.8, 4) is 0 Å². The van der Waals surface area contributed by atoms with Crippen molar-refractivity contribution in [2.45, 2.75) is 136 Å². The van der Waals surface area contributed by atoms with Gasteiger partial charge in [0, 0.05) is 6.42 Å². The van der Waals surface area contributed by atoms with Gasteiger partial charge in [0.2, 0.25) is 6.10 Å². The van der Waals surface area contributed by atoms with E-state index in [9.17, 15) is 24.3 Å². The van der Waals surface area contributed by atoms with Crippen LogP contribution in [0, 0.1) is 88.8 Å². The quantitative estimate of drug-likeness (QED) is 0.219. The lowest BCUT2D eigenvalue weighted by Gasteiger charge is -2.50. The molecule has 1 saturated heterocycles. The minimum absolute atomic E-state index is 0. The Balaban J connectivity index is 0.00000192. The minimum atomic E-state index is -0.788. The van der Waals surface area contributed by atoms with Gasteiger partial charge in [-0.2, -0.15) is 0 Å². The van der Waals surface area contributed by atoms with E-state index in [1.54, 1.807) is 0 Å². The molecular formula is C40H72O8. The summed E-state index contributed by atoms with van der Waals surface area (Å²) in [7, 11) is 0. The highest BCUT2D eigenvalue weighted by atomic mass is 16.6. The number of hydrogen-bond acceptors (Lipinski definition) is 7. The molecule has 7 aliphatic rings. The zero-order chi connectivity index (χ0) is 29.8. The molecule has 0 aromatic heterocycles. The van der Waals surface area contributed by atoms with Gasteiger partial charge >= 0.3 is 23.9 Å². The first-order valence-corrected chi connectivity index (χ1v) is 16.7. The van der Waals surface area contributed by atoms with Crippen LogP contribution in [0.15, 0.2) is 0 Å². The van der Waals surface area contributed by atoms with Crippen molar-refractivity contribution in [2.24, 2.45) is 88.8 Å². The third-order valence-electron chi connectivity index (χ3n) is 13.5. The van der Waals surface area contributed by atoms with Crippen LogP contribution in [0.3, 0.4) is 0 Å². The summed E-state index contributed by atoms with van der Waals surface area (Å²) in [6, 6.07) is 0. The fourth-order valence-corrected chi connectivity index (χ4v) is 12.3. The summed E-state index contributed by atoms with van der Waals surface area (Å²) in [6.45, 7) is 10.8. The number of fused-ring (bicyclic) bond motifs is 6. The molecule has 48 heavy (non-hydrogen) atoms. The van der Waals surface area contributed by atoms with Crippen molar-refractivity contribution >= 4 is 23.9 Å². The summed E-state index contributed by atoms with van der Waals surface area (Å²) in [5, 5.41) is 9.93. The Morgan fingerprint density at radius 1 is 0.667 bits per heavy atom. The molecule has 280 valence electrons.